The van der Waals surface area contributed by atoms with Gasteiger partial charge in [-0.2, -0.15) is 5.10 Å². The predicted octanol–water partition coefficient (Wildman–Crippen LogP) is 1.99. The topological polar surface area (TPSA) is 84.7 Å². The largest absolute Gasteiger partial charge is 0.493 e. The Labute approximate surface area is 144 Å². The molecule has 7 heteroatoms. The van der Waals surface area contributed by atoms with Gasteiger partial charge in [0.2, 0.25) is 0 Å². The minimum absolute atomic E-state index is 0.0415. The molecule has 0 atom stereocenters. The number of amides is 1. The molecule has 2 aromatic rings. The van der Waals surface area contributed by atoms with Gasteiger partial charge in [0.15, 0.2) is 0 Å². The molecule has 1 N–H and O–H groups in total. The summed E-state index contributed by atoms with van der Waals surface area (Å²) in [5.41, 5.74) is 1.99. The number of carbonyl (C=O) groups is 2. The number of nitrogens with zero attached hydrogens (tertiary/aromatic N) is 3. The number of benzene rings is 1. The third-order valence-corrected chi connectivity index (χ3v) is 4.91. The fourth-order valence-electron chi connectivity index (χ4n) is 3.48. The molecule has 0 radical (unpaired) electrons. The maximum atomic E-state index is 12.7. The summed E-state index contributed by atoms with van der Waals surface area (Å²) in [5, 5.41) is 13.1. The number of ether oxygens (including phenoxy) is 1. The van der Waals surface area contributed by atoms with Crippen LogP contribution < -0.4 is 4.74 Å². The van der Waals surface area contributed by atoms with Crippen LogP contribution >= 0.6 is 0 Å². The van der Waals surface area contributed by atoms with E-state index in [2.05, 4.69) is 5.10 Å². The maximum Gasteiger partial charge on any atom is 0.338 e. The quantitative estimate of drug-likeness (QED) is 0.923. The molecule has 1 aromatic carbocycles. The SMILES string of the molecule is O=C(O)c1cnn(C2CCN(C(=O)c3ccc4c(c3)CCO4)CC2)c1. The normalized spacial score (nSPS) is 17.2. The molecule has 0 unspecified atom stereocenters. The Balaban J connectivity index is 1.41. The number of hydrogen-bond donors (Lipinski definition) is 1. The van der Waals surface area contributed by atoms with Crippen LogP contribution in [0.2, 0.25) is 0 Å². The van der Waals surface area contributed by atoms with Crippen molar-refractivity contribution in [2.45, 2.75) is 25.3 Å². The first-order chi connectivity index (χ1) is 12.1. The van der Waals surface area contributed by atoms with E-state index in [4.69, 9.17) is 9.84 Å². The number of fused-ring (bicyclic) bond motifs is 1. The van der Waals surface area contributed by atoms with Crippen molar-refractivity contribution < 1.29 is 19.4 Å². The van der Waals surface area contributed by atoms with Gasteiger partial charge in [0.1, 0.15) is 5.75 Å². The van der Waals surface area contributed by atoms with Gasteiger partial charge in [-0.05, 0) is 36.6 Å². The van der Waals surface area contributed by atoms with Crippen molar-refractivity contribution in [3.8, 4) is 5.75 Å². The zero-order valence-corrected chi connectivity index (χ0v) is 13.7. The second kappa shape index (κ2) is 6.23. The molecule has 4 rings (SSSR count). The molecule has 1 aromatic heterocycles. The van der Waals surface area contributed by atoms with Gasteiger partial charge in [-0.1, -0.05) is 0 Å². The van der Waals surface area contributed by atoms with Gasteiger partial charge < -0.3 is 14.7 Å². The van der Waals surface area contributed by atoms with Crippen LogP contribution in [0.15, 0.2) is 30.6 Å². The summed E-state index contributed by atoms with van der Waals surface area (Å²) in [4.78, 5) is 25.5. The van der Waals surface area contributed by atoms with Crippen LogP contribution in [0.3, 0.4) is 0 Å². The lowest BCUT2D eigenvalue weighted by Crippen LogP contribution is -2.39. The number of aromatic carboxylic acids is 1. The number of likely N-dealkylation sites (tertiary alicyclic amines) is 1. The average Bonchev–Trinajstić information content (AvgIpc) is 3.30. The number of rotatable bonds is 3. The Kier molecular flexibility index (Phi) is 3.91. The Hall–Kier alpha value is -2.83. The van der Waals surface area contributed by atoms with Crippen LogP contribution in [0.4, 0.5) is 0 Å². The van der Waals surface area contributed by atoms with Gasteiger partial charge in [0.25, 0.3) is 5.91 Å². The van der Waals surface area contributed by atoms with E-state index in [1.54, 1.807) is 10.9 Å². The van der Waals surface area contributed by atoms with Gasteiger partial charge in [-0.15, -0.1) is 0 Å². The zero-order chi connectivity index (χ0) is 17.4. The molecule has 1 amide bonds. The van der Waals surface area contributed by atoms with E-state index in [0.717, 1.165) is 30.6 Å². The predicted molar refractivity (Wildman–Crippen MR) is 89.0 cm³/mol. The highest BCUT2D eigenvalue weighted by molar-refractivity contribution is 5.94. The first kappa shape index (κ1) is 15.7. The molecule has 2 aliphatic rings. The first-order valence-corrected chi connectivity index (χ1v) is 8.44. The first-order valence-electron chi connectivity index (χ1n) is 8.44. The molecule has 3 heterocycles. The van der Waals surface area contributed by atoms with Gasteiger partial charge in [0.05, 0.1) is 24.4 Å². The summed E-state index contributed by atoms with van der Waals surface area (Å²) in [6.07, 6.45) is 5.31. The van der Waals surface area contributed by atoms with E-state index < -0.39 is 5.97 Å². The van der Waals surface area contributed by atoms with Gasteiger partial charge in [-0.25, -0.2) is 4.79 Å². The Morgan fingerprint density at radius 3 is 2.72 bits per heavy atom. The molecule has 0 spiro atoms. The lowest BCUT2D eigenvalue weighted by molar-refractivity contribution is 0.0688. The molecule has 25 heavy (non-hydrogen) atoms. The number of aromatic nitrogens is 2. The Morgan fingerprint density at radius 2 is 2.00 bits per heavy atom. The number of carboxylic acids is 1. The van der Waals surface area contributed by atoms with Gasteiger partial charge >= 0.3 is 5.97 Å². The third-order valence-electron chi connectivity index (χ3n) is 4.91. The van der Waals surface area contributed by atoms with Gasteiger partial charge in [0, 0.05) is 31.3 Å². The highest BCUT2D eigenvalue weighted by Gasteiger charge is 2.26. The lowest BCUT2D eigenvalue weighted by Gasteiger charge is -2.32. The van der Waals surface area contributed by atoms with Crippen molar-refractivity contribution in [2.24, 2.45) is 0 Å². The molecule has 1 fully saturated rings. The number of piperidine rings is 1. The third kappa shape index (κ3) is 2.97. The summed E-state index contributed by atoms with van der Waals surface area (Å²) in [7, 11) is 0. The van der Waals surface area contributed by atoms with Crippen LogP contribution in [0, 0.1) is 0 Å². The smallest absolute Gasteiger partial charge is 0.338 e. The minimum Gasteiger partial charge on any atom is -0.493 e. The van der Waals surface area contributed by atoms with E-state index in [9.17, 15) is 9.59 Å². The van der Waals surface area contributed by atoms with E-state index >= 15 is 0 Å². The fraction of sp³-hybridized carbons (Fsp3) is 0.389. The fourth-order valence-corrected chi connectivity index (χ4v) is 3.48. The molecule has 0 saturated carbocycles. The maximum absolute atomic E-state index is 12.7. The van der Waals surface area contributed by atoms with E-state index in [1.807, 2.05) is 23.1 Å². The summed E-state index contributed by atoms with van der Waals surface area (Å²) in [6, 6.07) is 5.76. The summed E-state index contributed by atoms with van der Waals surface area (Å²) in [5.74, 6) is -0.0533. The molecular formula is C18H19N3O4. The molecule has 7 nitrogen and oxygen atoms in total. The van der Waals surface area contributed by atoms with Crippen LogP contribution in [0.1, 0.15) is 45.2 Å². The summed E-state index contributed by atoms with van der Waals surface area (Å²) >= 11 is 0. The van der Waals surface area contributed by atoms with Crippen molar-refractivity contribution in [1.82, 2.24) is 14.7 Å². The number of hydrogen-bond acceptors (Lipinski definition) is 4. The van der Waals surface area contributed by atoms with Crippen LogP contribution in [0.5, 0.6) is 5.75 Å². The highest BCUT2D eigenvalue weighted by atomic mass is 16.5. The second-order valence-corrected chi connectivity index (χ2v) is 6.46. The Morgan fingerprint density at radius 1 is 1.20 bits per heavy atom. The minimum atomic E-state index is -0.973. The van der Waals surface area contributed by atoms with E-state index in [0.29, 0.717) is 25.3 Å². The van der Waals surface area contributed by atoms with Crippen molar-refractivity contribution in [3.05, 3.63) is 47.3 Å². The van der Waals surface area contributed by atoms with E-state index in [-0.39, 0.29) is 17.5 Å². The number of carboxylic acid groups (broad SMARTS) is 1. The molecular weight excluding hydrogens is 322 g/mol. The van der Waals surface area contributed by atoms with Crippen LogP contribution in [-0.4, -0.2) is 51.4 Å². The van der Waals surface area contributed by atoms with Crippen molar-refractivity contribution in [3.63, 3.8) is 0 Å². The summed E-state index contributed by atoms with van der Waals surface area (Å²) in [6.45, 7) is 1.96. The monoisotopic (exact) mass is 341 g/mol. The standard InChI is InChI=1S/C18H19N3O4/c22-17(13-1-2-16-12(9-13)5-8-25-16)20-6-3-15(4-7-20)21-11-14(10-19-21)18(23)24/h1-2,9-11,15H,3-8H2,(H,23,24). The summed E-state index contributed by atoms with van der Waals surface area (Å²) < 4.78 is 7.19. The molecule has 2 aliphatic heterocycles. The Bertz CT molecular complexity index is 821. The van der Waals surface area contributed by atoms with E-state index in [1.165, 1.54) is 6.20 Å². The second-order valence-electron chi connectivity index (χ2n) is 6.46. The van der Waals surface area contributed by atoms with Crippen LogP contribution in [0.25, 0.3) is 0 Å². The van der Waals surface area contributed by atoms with Crippen LogP contribution in [-0.2, 0) is 6.42 Å². The lowest BCUT2D eigenvalue weighted by atomic mass is 10.0. The van der Waals surface area contributed by atoms with Crippen molar-refractivity contribution >= 4 is 11.9 Å². The molecule has 0 aliphatic carbocycles. The average molecular weight is 341 g/mol. The number of carbonyl (C=O) groups excluding carboxylic acids is 1. The molecule has 1 saturated heterocycles. The molecule has 130 valence electrons. The zero-order valence-electron chi connectivity index (χ0n) is 13.7. The van der Waals surface area contributed by atoms with Gasteiger partial charge in [-0.3, -0.25) is 9.48 Å². The highest BCUT2D eigenvalue weighted by Crippen LogP contribution is 2.28. The molecule has 0 bridgehead atoms. The van der Waals surface area contributed by atoms with Crippen molar-refractivity contribution in [2.75, 3.05) is 19.7 Å². The van der Waals surface area contributed by atoms with Crippen molar-refractivity contribution in [1.29, 1.82) is 0 Å².